The number of likely N-dealkylation sites (tertiary alicyclic amines) is 1. The minimum Gasteiger partial charge on any atom is -0.363 e. The molecular weight excluding hydrogens is 212 g/mol. The Morgan fingerprint density at radius 2 is 1.88 bits per heavy atom. The molecular formula is C13H22N4. The van der Waals surface area contributed by atoms with Crippen molar-refractivity contribution >= 4 is 5.82 Å². The van der Waals surface area contributed by atoms with E-state index >= 15 is 0 Å². The summed E-state index contributed by atoms with van der Waals surface area (Å²) in [6.45, 7) is 4.32. The normalized spacial score (nSPS) is 18.4. The van der Waals surface area contributed by atoms with Crippen molar-refractivity contribution in [3.05, 3.63) is 17.6 Å². The predicted molar refractivity (Wildman–Crippen MR) is 70.6 cm³/mol. The van der Waals surface area contributed by atoms with E-state index < -0.39 is 0 Å². The highest BCUT2D eigenvalue weighted by molar-refractivity contribution is 5.38. The topological polar surface area (TPSA) is 32.3 Å². The van der Waals surface area contributed by atoms with Crippen molar-refractivity contribution < 1.29 is 0 Å². The molecule has 1 aromatic rings. The van der Waals surface area contributed by atoms with Crippen LogP contribution in [-0.4, -0.2) is 49.1 Å². The molecule has 1 aromatic heterocycles. The number of hydrogen-bond acceptors (Lipinski definition) is 4. The maximum Gasteiger partial charge on any atom is 0.132 e. The van der Waals surface area contributed by atoms with Gasteiger partial charge in [-0.15, -0.1) is 0 Å². The van der Waals surface area contributed by atoms with Crippen LogP contribution >= 0.6 is 0 Å². The Morgan fingerprint density at radius 3 is 2.47 bits per heavy atom. The first kappa shape index (κ1) is 12.3. The zero-order valence-corrected chi connectivity index (χ0v) is 11.3. The highest BCUT2D eigenvalue weighted by Crippen LogP contribution is 2.27. The maximum atomic E-state index is 4.61. The van der Waals surface area contributed by atoms with Gasteiger partial charge in [0.1, 0.15) is 11.6 Å². The predicted octanol–water partition coefficient (Wildman–Crippen LogP) is 1.66. The van der Waals surface area contributed by atoms with E-state index in [1.807, 2.05) is 25.9 Å². The second-order valence-corrected chi connectivity index (χ2v) is 5.17. The van der Waals surface area contributed by atoms with Crippen LogP contribution in [0.3, 0.4) is 0 Å². The van der Waals surface area contributed by atoms with Gasteiger partial charge in [0, 0.05) is 31.8 Å². The number of aromatic nitrogens is 2. The SMILES string of the molecule is Cc1nc(C2CCN(C)CC2)cc(N(C)C)n1. The van der Waals surface area contributed by atoms with E-state index in [0.717, 1.165) is 11.6 Å². The van der Waals surface area contributed by atoms with Crippen molar-refractivity contribution in [3.8, 4) is 0 Å². The van der Waals surface area contributed by atoms with Gasteiger partial charge in [0.15, 0.2) is 0 Å². The van der Waals surface area contributed by atoms with E-state index in [2.05, 4.69) is 28.0 Å². The highest BCUT2D eigenvalue weighted by Gasteiger charge is 2.20. The van der Waals surface area contributed by atoms with Crippen LogP contribution in [0.2, 0.25) is 0 Å². The summed E-state index contributed by atoms with van der Waals surface area (Å²) in [5, 5.41) is 0. The molecule has 2 rings (SSSR count). The molecule has 17 heavy (non-hydrogen) atoms. The van der Waals surface area contributed by atoms with Crippen molar-refractivity contribution in [2.75, 3.05) is 39.1 Å². The Bertz CT molecular complexity index is 381. The first-order valence-corrected chi connectivity index (χ1v) is 6.27. The number of anilines is 1. The van der Waals surface area contributed by atoms with Gasteiger partial charge in [0.05, 0.1) is 0 Å². The van der Waals surface area contributed by atoms with E-state index in [-0.39, 0.29) is 0 Å². The molecule has 0 spiro atoms. The number of piperidine rings is 1. The zero-order valence-electron chi connectivity index (χ0n) is 11.3. The number of aryl methyl sites for hydroxylation is 1. The fourth-order valence-electron chi connectivity index (χ4n) is 2.32. The summed E-state index contributed by atoms with van der Waals surface area (Å²) in [5.74, 6) is 2.50. The average Bonchev–Trinajstić information content (AvgIpc) is 2.29. The molecule has 0 saturated carbocycles. The molecule has 94 valence electrons. The average molecular weight is 234 g/mol. The van der Waals surface area contributed by atoms with Gasteiger partial charge >= 0.3 is 0 Å². The summed E-state index contributed by atoms with van der Waals surface area (Å²) in [4.78, 5) is 13.5. The second kappa shape index (κ2) is 5.00. The monoisotopic (exact) mass is 234 g/mol. The van der Waals surface area contributed by atoms with Crippen LogP contribution < -0.4 is 4.90 Å². The van der Waals surface area contributed by atoms with Crippen molar-refractivity contribution in [2.45, 2.75) is 25.7 Å². The first-order chi connectivity index (χ1) is 8.06. The van der Waals surface area contributed by atoms with Gasteiger partial charge in [-0.25, -0.2) is 9.97 Å². The summed E-state index contributed by atoms with van der Waals surface area (Å²) >= 11 is 0. The van der Waals surface area contributed by atoms with Crippen molar-refractivity contribution in [1.82, 2.24) is 14.9 Å². The zero-order chi connectivity index (χ0) is 12.4. The number of nitrogens with zero attached hydrogens (tertiary/aromatic N) is 4. The van der Waals surface area contributed by atoms with Gasteiger partial charge in [-0.05, 0) is 39.9 Å². The van der Waals surface area contributed by atoms with Crippen LogP contribution in [-0.2, 0) is 0 Å². The van der Waals surface area contributed by atoms with Crippen molar-refractivity contribution in [2.24, 2.45) is 0 Å². The van der Waals surface area contributed by atoms with Crippen molar-refractivity contribution in [1.29, 1.82) is 0 Å². The smallest absolute Gasteiger partial charge is 0.132 e. The van der Waals surface area contributed by atoms with Crippen LogP contribution in [0.4, 0.5) is 5.82 Å². The molecule has 0 amide bonds. The third kappa shape index (κ3) is 2.94. The summed E-state index contributed by atoms with van der Waals surface area (Å²) < 4.78 is 0. The third-order valence-corrected chi connectivity index (χ3v) is 3.44. The van der Waals surface area contributed by atoms with E-state index in [4.69, 9.17) is 0 Å². The fourth-order valence-corrected chi connectivity index (χ4v) is 2.32. The minimum atomic E-state index is 0.603. The number of rotatable bonds is 2. The Morgan fingerprint density at radius 1 is 1.24 bits per heavy atom. The lowest BCUT2D eigenvalue weighted by molar-refractivity contribution is 0.253. The summed E-state index contributed by atoms with van der Waals surface area (Å²) in [6, 6.07) is 2.14. The van der Waals surface area contributed by atoms with E-state index in [0.29, 0.717) is 5.92 Å². The third-order valence-electron chi connectivity index (χ3n) is 3.44. The molecule has 0 aromatic carbocycles. The van der Waals surface area contributed by atoms with Crippen LogP contribution in [0, 0.1) is 6.92 Å². The largest absolute Gasteiger partial charge is 0.363 e. The highest BCUT2D eigenvalue weighted by atomic mass is 15.1. The number of hydrogen-bond donors (Lipinski definition) is 0. The summed E-state index contributed by atoms with van der Waals surface area (Å²) in [6.07, 6.45) is 2.42. The minimum absolute atomic E-state index is 0.603. The molecule has 0 radical (unpaired) electrons. The van der Waals surface area contributed by atoms with Crippen LogP contribution in [0.5, 0.6) is 0 Å². The molecule has 1 fully saturated rings. The van der Waals surface area contributed by atoms with Gasteiger partial charge in [0.2, 0.25) is 0 Å². The second-order valence-electron chi connectivity index (χ2n) is 5.17. The Hall–Kier alpha value is -1.16. The fraction of sp³-hybridized carbons (Fsp3) is 0.692. The van der Waals surface area contributed by atoms with Gasteiger partial charge in [-0.1, -0.05) is 0 Å². The molecule has 0 atom stereocenters. The summed E-state index contributed by atoms with van der Waals surface area (Å²) in [5.41, 5.74) is 1.22. The van der Waals surface area contributed by atoms with Gasteiger partial charge in [-0.2, -0.15) is 0 Å². The molecule has 1 saturated heterocycles. The standard InChI is InChI=1S/C13H22N4/c1-10-14-12(9-13(15-10)16(2)3)11-5-7-17(4)8-6-11/h9,11H,5-8H2,1-4H3. The first-order valence-electron chi connectivity index (χ1n) is 6.27. The molecule has 1 aliphatic heterocycles. The molecule has 4 heteroatoms. The lowest BCUT2D eigenvalue weighted by atomic mass is 9.93. The maximum absolute atomic E-state index is 4.61. The molecule has 0 unspecified atom stereocenters. The van der Waals surface area contributed by atoms with Gasteiger partial charge in [0.25, 0.3) is 0 Å². The molecule has 4 nitrogen and oxygen atoms in total. The molecule has 0 N–H and O–H groups in total. The molecule has 0 bridgehead atoms. The molecule has 1 aliphatic rings. The van der Waals surface area contributed by atoms with Gasteiger partial charge in [-0.3, -0.25) is 0 Å². The Balaban J connectivity index is 2.20. The Kier molecular flexibility index (Phi) is 3.62. The van der Waals surface area contributed by atoms with Crippen molar-refractivity contribution in [3.63, 3.8) is 0 Å². The molecule has 0 aliphatic carbocycles. The lowest BCUT2D eigenvalue weighted by Crippen LogP contribution is -2.29. The van der Waals surface area contributed by atoms with E-state index in [1.54, 1.807) is 0 Å². The lowest BCUT2D eigenvalue weighted by Gasteiger charge is -2.29. The van der Waals surface area contributed by atoms with Crippen LogP contribution in [0.25, 0.3) is 0 Å². The summed E-state index contributed by atoms with van der Waals surface area (Å²) in [7, 11) is 6.24. The quantitative estimate of drug-likeness (QED) is 0.779. The molecule has 2 heterocycles. The van der Waals surface area contributed by atoms with E-state index in [1.165, 1.54) is 31.6 Å². The Labute approximate surface area is 104 Å². The van der Waals surface area contributed by atoms with Crippen LogP contribution in [0.1, 0.15) is 30.3 Å². The van der Waals surface area contributed by atoms with Crippen LogP contribution in [0.15, 0.2) is 6.07 Å². The van der Waals surface area contributed by atoms with E-state index in [9.17, 15) is 0 Å². The van der Waals surface area contributed by atoms with Gasteiger partial charge < -0.3 is 9.80 Å².